The van der Waals surface area contributed by atoms with Gasteiger partial charge in [-0.1, -0.05) is 25.0 Å². The van der Waals surface area contributed by atoms with Crippen LogP contribution in [0.1, 0.15) is 18.9 Å². The summed E-state index contributed by atoms with van der Waals surface area (Å²) in [6, 6.07) is 6.05. The molecule has 0 unspecified atom stereocenters. The molecule has 0 saturated carbocycles. The summed E-state index contributed by atoms with van der Waals surface area (Å²) in [5, 5.41) is 0. The number of benzene rings is 1. The van der Waals surface area contributed by atoms with Gasteiger partial charge in [-0.15, -0.1) is 0 Å². The zero-order valence-electron chi connectivity index (χ0n) is 14.0. The maximum absolute atomic E-state index is 12.9. The average molecular weight is 338 g/mol. The molecular formula is C20H19FN2O2. The Kier molecular flexibility index (Phi) is 5.89. The van der Waals surface area contributed by atoms with Crippen molar-refractivity contribution in [1.29, 1.82) is 0 Å². The Labute approximate surface area is 146 Å². The van der Waals surface area contributed by atoms with E-state index in [-0.39, 0.29) is 11.7 Å². The molecule has 1 fully saturated rings. The lowest BCUT2D eigenvalue weighted by Crippen LogP contribution is -2.30. The second-order valence-electron chi connectivity index (χ2n) is 5.67. The predicted molar refractivity (Wildman–Crippen MR) is 92.9 cm³/mol. The molecule has 128 valence electrons. The van der Waals surface area contributed by atoms with Crippen LogP contribution in [-0.2, 0) is 9.47 Å². The largest absolute Gasteiger partial charge is 0.341 e. The third kappa shape index (κ3) is 4.96. The Morgan fingerprint density at radius 3 is 2.48 bits per heavy atom. The molecule has 0 radical (unpaired) electrons. The van der Waals surface area contributed by atoms with Gasteiger partial charge in [-0.2, -0.15) is 0 Å². The van der Waals surface area contributed by atoms with Crippen molar-refractivity contribution in [2.45, 2.75) is 19.6 Å². The van der Waals surface area contributed by atoms with E-state index in [4.69, 9.17) is 9.47 Å². The highest BCUT2D eigenvalue weighted by Gasteiger charge is 2.18. The van der Waals surface area contributed by atoms with Gasteiger partial charge in [0.15, 0.2) is 5.82 Å². The molecule has 1 aliphatic rings. The maximum Gasteiger partial charge on any atom is 0.222 e. The Bertz CT molecular complexity index is 768. The van der Waals surface area contributed by atoms with Gasteiger partial charge in [-0.3, -0.25) is 0 Å². The van der Waals surface area contributed by atoms with E-state index in [9.17, 15) is 4.39 Å². The van der Waals surface area contributed by atoms with E-state index in [2.05, 4.69) is 40.9 Å². The first kappa shape index (κ1) is 17.3. The monoisotopic (exact) mass is 338 g/mol. The molecule has 5 heteroatoms. The van der Waals surface area contributed by atoms with Crippen molar-refractivity contribution in [2.75, 3.05) is 13.2 Å². The minimum absolute atomic E-state index is 0.286. The zero-order valence-corrected chi connectivity index (χ0v) is 14.0. The third-order valence-electron chi connectivity index (χ3n) is 3.66. The van der Waals surface area contributed by atoms with Crippen molar-refractivity contribution < 1.29 is 13.9 Å². The van der Waals surface area contributed by atoms with Gasteiger partial charge >= 0.3 is 0 Å². The van der Waals surface area contributed by atoms with Crippen molar-refractivity contribution >= 4 is 0 Å². The van der Waals surface area contributed by atoms with E-state index in [1.807, 2.05) is 0 Å². The van der Waals surface area contributed by atoms with E-state index >= 15 is 0 Å². The Morgan fingerprint density at radius 1 is 1.16 bits per heavy atom. The highest BCUT2D eigenvalue weighted by Crippen LogP contribution is 2.15. The first-order valence-corrected chi connectivity index (χ1v) is 8.24. The Hall–Kier alpha value is -2.55. The van der Waals surface area contributed by atoms with Crippen molar-refractivity contribution in [1.82, 2.24) is 9.97 Å². The van der Waals surface area contributed by atoms with Crippen LogP contribution in [0.2, 0.25) is 0 Å². The van der Waals surface area contributed by atoms with Gasteiger partial charge in [0, 0.05) is 23.9 Å². The molecular weight excluding hydrogens is 319 g/mol. The number of ether oxygens (including phenoxy) is 2. The molecule has 2 heterocycles. The topological polar surface area (TPSA) is 44.2 Å². The van der Waals surface area contributed by atoms with Gasteiger partial charge in [0.25, 0.3) is 0 Å². The predicted octanol–water partition coefficient (Wildman–Crippen LogP) is 3.59. The van der Waals surface area contributed by atoms with Gasteiger partial charge in [0.2, 0.25) is 6.29 Å². The summed E-state index contributed by atoms with van der Waals surface area (Å²) in [6.45, 7) is 3.31. The van der Waals surface area contributed by atoms with Crippen molar-refractivity contribution in [3.05, 3.63) is 60.2 Å². The van der Waals surface area contributed by atoms with Crippen molar-refractivity contribution in [3.8, 4) is 23.2 Å². The van der Waals surface area contributed by atoms with Crippen LogP contribution in [0, 0.1) is 23.6 Å². The average Bonchev–Trinajstić information content (AvgIpc) is 2.67. The van der Waals surface area contributed by atoms with Crippen LogP contribution in [0.5, 0.6) is 0 Å². The zero-order chi connectivity index (χ0) is 17.5. The maximum atomic E-state index is 12.9. The van der Waals surface area contributed by atoms with Crippen LogP contribution < -0.4 is 0 Å². The van der Waals surface area contributed by atoms with Crippen LogP contribution in [0.4, 0.5) is 4.39 Å². The molecule has 0 spiro atoms. The fourth-order valence-electron chi connectivity index (χ4n) is 2.32. The molecule has 2 aromatic rings. The van der Waals surface area contributed by atoms with Crippen LogP contribution in [0.25, 0.3) is 11.4 Å². The van der Waals surface area contributed by atoms with E-state index in [0.717, 1.165) is 12.0 Å². The first-order chi connectivity index (χ1) is 12.2. The number of rotatable bonds is 3. The van der Waals surface area contributed by atoms with Gasteiger partial charge < -0.3 is 9.47 Å². The SMILES string of the molecule is CC/C=C/[C@H]1CO[C@H](C#Cc2cnc(-c3ccc(F)cc3)nc2)OC1. The van der Waals surface area contributed by atoms with Crippen LogP contribution in [0.3, 0.4) is 0 Å². The lowest BCUT2D eigenvalue weighted by atomic mass is 10.1. The number of aromatic nitrogens is 2. The smallest absolute Gasteiger partial charge is 0.222 e. The normalized spacial score (nSPS) is 20.2. The molecule has 1 aliphatic heterocycles. The molecule has 4 nitrogen and oxygen atoms in total. The van der Waals surface area contributed by atoms with E-state index in [1.54, 1.807) is 24.5 Å². The molecule has 0 amide bonds. The van der Waals surface area contributed by atoms with Gasteiger partial charge in [-0.05, 0) is 36.6 Å². The summed E-state index contributed by atoms with van der Waals surface area (Å²) >= 11 is 0. The minimum atomic E-state index is -0.525. The lowest BCUT2D eigenvalue weighted by Gasteiger charge is -2.24. The molecule has 0 bridgehead atoms. The minimum Gasteiger partial charge on any atom is -0.341 e. The fourth-order valence-corrected chi connectivity index (χ4v) is 2.32. The number of hydrogen-bond donors (Lipinski definition) is 0. The van der Waals surface area contributed by atoms with Crippen molar-refractivity contribution in [2.24, 2.45) is 5.92 Å². The highest BCUT2D eigenvalue weighted by molar-refractivity contribution is 5.54. The number of hydrogen-bond acceptors (Lipinski definition) is 4. The summed E-state index contributed by atoms with van der Waals surface area (Å²) < 4.78 is 24.1. The van der Waals surface area contributed by atoms with Gasteiger partial charge in [0.1, 0.15) is 5.82 Å². The summed E-state index contributed by atoms with van der Waals surface area (Å²) in [5.74, 6) is 6.42. The van der Waals surface area contributed by atoms with E-state index < -0.39 is 6.29 Å². The van der Waals surface area contributed by atoms with Crippen molar-refractivity contribution in [3.63, 3.8) is 0 Å². The Morgan fingerprint density at radius 2 is 1.84 bits per heavy atom. The second kappa shape index (κ2) is 8.52. The summed E-state index contributed by atoms with van der Waals surface area (Å²) in [5.41, 5.74) is 1.43. The van der Waals surface area contributed by atoms with Crippen LogP contribution in [-0.4, -0.2) is 29.5 Å². The molecule has 1 aromatic carbocycles. The molecule has 0 atom stereocenters. The molecule has 0 aliphatic carbocycles. The van der Waals surface area contributed by atoms with E-state index in [0.29, 0.717) is 24.6 Å². The number of allylic oxidation sites excluding steroid dienone is 1. The fraction of sp³-hybridized carbons (Fsp3) is 0.300. The quantitative estimate of drug-likeness (QED) is 0.634. The number of nitrogens with zero attached hydrogens (tertiary/aromatic N) is 2. The molecule has 25 heavy (non-hydrogen) atoms. The molecule has 1 saturated heterocycles. The first-order valence-electron chi connectivity index (χ1n) is 8.24. The van der Waals surface area contributed by atoms with Gasteiger partial charge in [-0.25, -0.2) is 14.4 Å². The molecule has 1 aromatic heterocycles. The highest BCUT2D eigenvalue weighted by atomic mass is 19.1. The Balaban J connectivity index is 1.58. The van der Waals surface area contributed by atoms with Gasteiger partial charge in [0.05, 0.1) is 18.8 Å². The second-order valence-corrected chi connectivity index (χ2v) is 5.67. The summed E-state index contributed by atoms with van der Waals surface area (Å²) in [7, 11) is 0. The third-order valence-corrected chi connectivity index (χ3v) is 3.66. The van der Waals surface area contributed by atoms with Crippen LogP contribution in [0.15, 0.2) is 48.8 Å². The summed E-state index contributed by atoms with van der Waals surface area (Å²) in [6.07, 6.45) is 7.98. The van der Waals surface area contributed by atoms with E-state index in [1.165, 1.54) is 12.1 Å². The number of halogens is 1. The molecule has 3 rings (SSSR count). The summed E-state index contributed by atoms with van der Waals surface area (Å²) in [4.78, 5) is 8.52. The lowest BCUT2D eigenvalue weighted by molar-refractivity contribution is -0.160. The van der Waals surface area contributed by atoms with Crippen LogP contribution >= 0.6 is 0 Å². The standard InChI is InChI=1S/C20H19FN2O2/c1-2-3-4-16-13-24-19(25-14-16)10-5-15-11-22-20(23-12-15)17-6-8-18(21)9-7-17/h3-4,6-9,11-12,16,19H,2,13-14H2,1H3/b4-3+/t16-,19-. The molecule has 0 N–H and O–H groups in total.